The van der Waals surface area contributed by atoms with Crippen molar-refractivity contribution in [2.45, 2.75) is 25.7 Å². The maximum atomic E-state index is 14.3. The number of aryl methyl sites for hydroxylation is 1. The number of para-hydroxylation sites is 3. The lowest BCUT2D eigenvalue weighted by molar-refractivity contribution is -0.117. The van der Waals surface area contributed by atoms with E-state index in [4.69, 9.17) is 0 Å². The van der Waals surface area contributed by atoms with Gasteiger partial charge in [-0.15, -0.1) is 0 Å². The van der Waals surface area contributed by atoms with Gasteiger partial charge in [-0.2, -0.15) is 0 Å². The van der Waals surface area contributed by atoms with Gasteiger partial charge in [-0.05, 0) is 43.0 Å². The lowest BCUT2D eigenvalue weighted by Crippen LogP contribution is -2.37. The van der Waals surface area contributed by atoms with Crippen LogP contribution in [0.25, 0.3) is 0 Å². The minimum Gasteiger partial charge on any atom is -0.360 e. The lowest BCUT2D eigenvalue weighted by Gasteiger charge is -2.31. The number of nitrogens with zero attached hydrogens (tertiary/aromatic N) is 2. The van der Waals surface area contributed by atoms with E-state index in [9.17, 15) is 14.0 Å². The highest BCUT2D eigenvalue weighted by atomic mass is 19.1. The normalized spacial score (nSPS) is 16.4. The van der Waals surface area contributed by atoms with Gasteiger partial charge in [0.2, 0.25) is 11.8 Å². The number of carbonyl (C=O) groups excluding carboxylic acids is 2. The summed E-state index contributed by atoms with van der Waals surface area (Å²) in [5, 5.41) is 2.91. The number of nitrogens with one attached hydrogen (secondary N) is 1. The van der Waals surface area contributed by atoms with Crippen LogP contribution in [0.15, 0.2) is 42.5 Å². The molecule has 2 aliphatic rings. The fourth-order valence-electron chi connectivity index (χ4n) is 3.93. The van der Waals surface area contributed by atoms with Crippen LogP contribution in [0.4, 0.5) is 21.5 Å². The predicted molar refractivity (Wildman–Crippen MR) is 104 cm³/mol. The second kappa shape index (κ2) is 7.39. The molecule has 6 heteroatoms. The van der Waals surface area contributed by atoms with Gasteiger partial charge < -0.3 is 15.1 Å². The number of carbonyl (C=O) groups is 2. The number of benzene rings is 2. The Bertz CT molecular complexity index is 883. The second-order valence-corrected chi connectivity index (χ2v) is 6.99. The van der Waals surface area contributed by atoms with Gasteiger partial charge in [-0.1, -0.05) is 24.3 Å². The summed E-state index contributed by atoms with van der Waals surface area (Å²) < 4.78 is 14.3. The highest BCUT2D eigenvalue weighted by Gasteiger charge is 2.25. The molecule has 0 atom stereocenters. The molecule has 0 bridgehead atoms. The number of hydrogen-bond acceptors (Lipinski definition) is 3. The van der Waals surface area contributed by atoms with E-state index in [0.717, 1.165) is 30.5 Å². The molecule has 0 saturated carbocycles. The Labute approximate surface area is 157 Å². The van der Waals surface area contributed by atoms with Crippen molar-refractivity contribution in [3.8, 4) is 0 Å². The van der Waals surface area contributed by atoms with Gasteiger partial charge in [0.1, 0.15) is 5.82 Å². The third-order valence-electron chi connectivity index (χ3n) is 5.14. The van der Waals surface area contributed by atoms with E-state index in [0.29, 0.717) is 30.9 Å². The highest BCUT2D eigenvalue weighted by Crippen LogP contribution is 2.31. The molecule has 2 aromatic carbocycles. The molecular weight excluding hydrogens is 345 g/mol. The van der Waals surface area contributed by atoms with Crippen LogP contribution in [0.2, 0.25) is 0 Å². The zero-order chi connectivity index (χ0) is 18.8. The molecule has 2 amide bonds. The molecule has 0 unspecified atom stereocenters. The van der Waals surface area contributed by atoms with Crippen molar-refractivity contribution in [2.24, 2.45) is 0 Å². The van der Waals surface area contributed by atoms with Gasteiger partial charge in [0.15, 0.2) is 0 Å². The molecule has 2 aliphatic heterocycles. The van der Waals surface area contributed by atoms with Crippen molar-refractivity contribution in [1.82, 2.24) is 0 Å². The number of halogens is 1. The van der Waals surface area contributed by atoms with Crippen LogP contribution in [0, 0.1) is 5.82 Å². The molecule has 2 heterocycles. The Morgan fingerprint density at radius 1 is 1.04 bits per heavy atom. The largest absolute Gasteiger partial charge is 0.360 e. The minimum atomic E-state index is -0.289. The molecule has 1 fully saturated rings. The number of hydrogen-bond donors (Lipinski definition) is 1. The molecule has 0 aliphatic carbocycles. The molecule has 2 aromatic rings. The van der Waals surface area contributed by atoms with E-state index in [-0.39, 0.29) is 24.2 Å². The molecule has 0 aromatic heterocycles. The van der Waals surface area contributed by atoms with Crippen molar-refractivity contribution in [3.05, 3.63) is 53.8 Å². The van der Waals surface area contributed by atoms with E-state index in [1.807, 2.05) is 24.3 Å². The average molecular weight is 367 g/mol. The third-order valence-corrected chi connectivity index (χ3v) is 5.14. The molecule has 1 saturated heterocycles. The first kappa shape index (κ1) is 17.5. The summed E-state index contributed by atoms with van der Waals surface area (Å²) in [6.45, 7) is 1.39. The summed E-state index contributed by atoms with van der Waals surface area (Å²) in [6, 6.07) is 12.4. The van der Waals surface area contributed by atoms with Gasteiger partial charge in [0.05, 0.1) is 23.6 Å². The molecule has 4 rings (SSSR count). The van der Waals surface area contributed by atoms with Crippen LogP contribution in [0.3, 0.4) is 0 Å². The van der Waals surface area contributed by atoms with E-state index in [1.54, 1.807) is 21.9 Å². The van der Waals surface area contributed by atoms with Crippen molar-refractivity contribution >= 4 is 28.9 Å². The van der Waals surface area contributed by atoms with Crippen molar-refractivity contribution in [2.75, 3.05) is 34.8 Å². The highest BCUT2D eigenvalue weighted by molar-refractivity contribution is 6.03. The van der Waals surface area contributed by atoms with Crippen molar-refractivity contribution < 1.29 is 14.0 Å². The predicted octanol–water partition coefficient (Wildman–Crippen LogP) is 3.34. The summed E-state index contributed by atoms with van der Waals surface area (Å²) in [4.78, 5) is 28.3. The Morgan fingerprint density at radius 3 is 2.67 bits per heavy atom. The van der Waals surface area contributed by atoms with Crippen LogP contribution in [-0.2, 0) is 16.0 Å². The maximum absolute atomic E-state index is 14.3. The zero-order valence-corrected chi connectivity index (χ0v) is 15.1. The first-order valence-corrected chi connectivity index (χ1v) is 9.35. The van der Waals surface area contributed by atoms with Crippen LogP contribution >= 0.6 is 0 Å². The molecule has 140 valence electrons. The summed E-state index contributed by atoms with van der Waals surface area (Å²) >= 11 is 0. The number of anilines is 3. The SMILES string of the molecule is O=C(CN1CCCc2cccc(F)c21)Nc1ccccc1N1CCCC1=O. The smallest absolute Gasteiger partial charge is 0.243 e. The van der Waals surface area contributed by atoms with Crippen LogP contribution in [0.5, 0.6) is 0 Å². The fourth-order valence-corrected chi connectivity index (χ4v) is 3.93. The van der Waals surface area contributed by atoms with Gasteiger partial charge in [-0.25, -0.2) is 4.39 Å². The van der Waals surface area contributed by atoms with Crippen LogP contribution in [-0.4, -0.2) is 31.4 Å². The Hall–Kier alpha value is -2.89. The molecule has 5 nitrogen and oxygen atoms in total. The second-order valence-electron chi connectivity index (χ2n) is 6.99. The van der Waals surface area contributed by atoms with Gasteiger partial charge in [-0.3, -0.25) is 9.59 Å². The number of amides is 2. The molecule has 0 radical (unpaired) electrons. The Morgan fingerprint density at radius 2 is 1.85 bits per heavy atom. The molecule has 27 heavy (non-hydrogen) atoms. The van der Waals surface area contributed by atoms with Crippen LogP contribution in [0.1, 0.15) is 24.8 Å². The third kappa shape index (κ3) is 3.52. The summed E-state index contributed by atoms with van der Waals surface area (Å²) in [5.74, 6) is -0.433. The summed E-state index contributed by atoms with van der Waals surface area (Å²) in [7, 11) is 0. The topological polar surface area (TPSA) is 52.7 Å². The monoisotopic (exact) mass is 367 g/mol. The van der Waals surface area contributed by atoms with E-state index >= 15 is 0 Å². The quantitative estimate of drug-likeness (QED) is 0.902. The van der Waals surface area contributed by atoms with Crippen molar-refractivity contribution in [1.29, 1.82) is 0 Å². The van der Waals surface area contributed by atoms with E-state index in [1.165, 1.54) is 6.07 Å². The molecule has 1 N–H and O–H groups in total. The first-order chi connectivity index (χ1) is 13.1. The molecular formula is C21H22FN3O2. The average Bonchev–Trinajstić information content (AvgIpc) is 3.08. The van der Waals surface area contributed by atoms with E-state index < -0.39 is 0 Å². The van der Waals surface area contributed by atoms with Gasteiger partial charge in [0, 0.05) is 19.5 Å². The first-order valence-electron chi connectivity index (χ1n) is 9.35. The van der Waals surface area contributed by atoms with Crippen molar-refractivity contribution in [3.63, 3.8) is 0 Å². The molecule has 0 spiro atoms. The maximum Gasteiger partial charge on any atom is 0.243 e. The minimum absolute atomic E-state index is 0.0729. The van der Waals surface area contributed by atoms with Crippen LogP contribution < -0.4 is 15.1 Å². The fraction of sp³-hybridized carbons (Fsp3) is 0.333. The van der Waals surface area contributed by atoms with Gasteiger partial charge >= 0.3 is 0 Å². The Balaban J connectivity index is 1.51. The lowest BCUT2D eigenvalue weighted by atomic mass is 10.0. The summed E-state index contributed by atoms with van der Waals surface area (Å²) in [5.41, 5.74) is 2.81. The van der Waals surface area contributed by atoms with E-state index in [2.05, 4.69) is 5.32 Å². The van der Waals surface area contributed by atoms with Gasteiger partial charge in [0.25, 0.3) is 0 Å². The standard InChI is InChI=1S/C21H22FN3O2/c22-16-8-3-6-15-7-4-12-24(21(15)16)14-19(26)23-17-9-1-2-10-18(17)25-13-5-11-20(25)27/h1-3,6,8-10H,4-5,7,11-14H2,(H,23,26). The Kier molecular flexibility index (Phi) is 4.79. The number of rotatable bonds is 4. The zero-order valence-electron chi connectivity index (χ0n) is 15.1. The summed E-state index contributed by atoms with van der Waals surface area (Å²) in [6.07, 6.45) is 3.07. The number of fused-ring (bicyclic) bond motifs is 1.